The molecule has 5 N–H and O–H groups in total. The molecule has 0 radical (unpaired) electrons. The average molecular weight is 856 g/mol. The van der Waals surface area contributed by atoms with E-state index in [-0.39, 0.29) is 56.2 Å². The number of sulfone groups is 1. The zero-order valence-corrected chi connectivity index (χ0v) is 32.3. The molecular formula is C38H34ClF8N7O3S. The molecule has 0 bridgehead atoms. The predicted octanol–water partition coefficient (Wildman–Crippen LogP) is 6.66. The van der Waals surface area contributed by atoms with Crippen LogP contribution in [0.3, 0.4) is 0 Å². The number of carbonyl (C=O) groups excluding carboxylic acids is 1. The second-order valence-corrected chi connectivity index (χ2v) is 17.4. The lowest BCUT2D eigenvalue weighted by molar-refractivity contribution is -0.120. The average Bonchev–Trinajstić information content (AvgIpc) is 3.80. The maximum absolute atomic E-state index is 15.2. The van der Waals surface area contributed by atoms with Crippen LogP contribution in [0.15, 0.2) is 58.7 Å². The van der Waals surface area contributed by atoms with Crippen LogP contribution >= 0.6 is 11.6 Å². The third kappa shape index (κ3) is 8.35. The third-order valence-corrected chi connectivity index (χ3v) is 12.2. The minimum absolute atomic E-state index is 0.0108. The van der Waals surface area contributed by atoms with E-state index in [0.29, 0.717) is 6.07 Å². The predicted molar refractivity (Wildman–Crippen MR) is 201 cm³/mol. The number of nitrogens with zero attached hydrogens (tertiary/aromatic N) is 4. The number of fused-ring (bicyclic) bond motifs is 2. The Balaban J connectivity index is 1.53. The number of aromatic nitrogens is 3. The summed E-state index contributed by atoms with van der Waals surface area (Å²) in [5.74, 6) is -3.90. The van der Waals surface area contributed by atoms with Crippen LogP contribution in [0.1, 0.15) is 43.3 Å². The van der Waals surface area contributed by atoms with Crippen molar-refractivity contribution in [2.75, 3.05) is 18.5 Å². The number of nitrogen functional groups attached to an aromatic ring is 1. The highest BCUT2D eigenvalue weighted by atomic mass is 35.5. The number of hydrogen-bond acceptors (Lipinski definition) is 8. The molecule has 1 amide bonds. The first kappa shape index (κ1) is 42.4. The van der Waals surface area contributed by atoms with Gasteiger partial charge in [0, 0.05) is 34.9 Å². The summed E-state index contributed by atoms with van der Waals surface area (Å²) < 4.78 is 139. The van der Waals surface area contributed by atoms with E-state index >= 15 is 8.78 Å². The number of allylic oxidation sites excluding steroid dienone is 2. The van der Waals surface area contributed by atoms with Gasteiger partial charge in [-0.3, -0.25) is 14.5 Å². The quantitative estimate of drug-likeness (QED) is 0.113. The molecule has 20 heteroatoms. The molecule has 0 saturated heterocycles. The zero-order chi connectivity index (χ0) is 42.6. The number of alkyl halides is 6. The molecule has 6 rings (SSSR count). The summed E-state index contributed by atoms with van der Waals surface area (Å²) in [4.78, 5) is 22.1. The second-order valence-electron chi connectivity index (χ2n) is 14.4. The monoisotopic (exact) mass is 855 g/mol. The molecule has 2 aromatic heterocycles. The van der Waals surface area contributed by atoms with E-state index in [1.807, 2.05) is 0 Å². The molecule has 2 fully saturated rings. The first-order valence-electron chi connectivity index (χ1n) is 17.4. The Bertz CT molecular complexity index is 2550. The fourth-order valence-electron chi connectivity index (χ4n) is 6.81. The number of halogens is 9. The molecule has 308 valence electrons. The van der Waals surface area contributed by atoms with Gasteiger partial charge in [0.1, 0.15) is 40.9 Å². The van der Waals surface area contributed by atoms with Gasteiger partial charge >= 0.3 is 0 Å². The van der Waals surface area contributed by atoms with Gasteiger partial charge in [0.25, 0.3) is 18.8 Å². The molecule has 2 heterocycles. The van der Waals surface area contributed by atoms with Crippen LogP contribution in [0.2, 0.25) is 5.02 Å². The Labute approximate surface area is 331 Å². The van der Waals surface area contributed by atoms with E-state index < -0.39 is 105 Å². The van der Waals surface area contributed by atoms with Crippen molar-refractivity contribution < 1.29 is 48.3 Å². The minimum atomic E-state index is -3.74. The van der Waals surface area contributed by atoms with Gasteiger partial charge in [-0.15, -0.1) is 0 Å². The Morgan fingerprint density at radius 3 is 2.38 bits per heavy atom. The van der Waals surface area contributed by atoms with Crippen LogP contribution in [0.4, 0.5) is 40.9 Å². The highest BCUT2D eigenvalue weighted by Crippen LogP contribution is 2.62. The molecule has 3 atom stereocenters. The first-order chi connectivity index (χ1) is 27.0. The van der Waals surface area contributed by atoms with Crippen molar-refractivity contribution in [1.29, 1.82) is 0 Å². The van der Waals surface area contributed by atoms with Crippen molar-refractivity contribution in [3.05, 3.63) is 87.3 Å². The summed E-state index contributed by atoms with van der Waals surface area (Å²) in [7, 11) is -3.74. The van der Waals surface area contributed by atoms with Gasteiger partial charge < -0.3 is 16.8 Å². The van der Waals surface area contributed by atoms with Crippen LogP contribution in [-0.2, 0) is 27.6 Å². The second kappa shape index (κ2) is 15.5. The third-order valence-electron chi connectivity index (χ3n) is 9.97. The van der Waals surface area contributed by atoms with Crippen molar-refractivity contribution in [2.45, 2.75) is 62.8 Å². The van der Waals surface area contributed by atoms with E-state index in [1.54, 1.807) is 0 Å². The lowest BCUT2D eigenvalue weighted by Gasteiger charge is -2.23. The molecule has 2 saturated carbocycles. The van der Waals surface area contributed by atoms with E-state index in [9.17, 15) is 39.6 Å². The van der Waals surface area contributed by atoms with E-state index in [1.165, 1.54) is 38.1 Å². The van der Waals surface area contributed by atoms with Gasteiger partial charge in [0.2, 0.25) is 5.91 Å². The van der Waals surface area contributed by atoms with Crippen LogP contribution in [0, 0.1) is 35.3 Å². The smallest absolute Gasteiger partial charge is 0.292 e. The summed E-state index contributed by atoms with van der Waals surface area (Å²) >= 11 is 6.44. The summed E-state index contributed by atoms with van der Waals surface area (Å²) in [6, 6.07) is 6.66. The van der Waals surface area contributed by atoms with E-state index in [0.717, 1.165) is 23.1 Å². The lowest BCUT2D eigenvalue weighted by atomic mass is 9.93. The summed E-state index contributed by atoms with van der Waals surface area (Å²) in [6.07, 6.45) is -5.75. The topological polar surface area (TPSA) is 158 Å². The van der Waals surface area contributed by atoms with Gasteiger partial charge in [0.15, 0.2) is 15.7 Å². The molecule has 10 nitrogen and oxygen atoms in total. The largest absolute Gasteiger partial charge is 0.397 e. The molecule has 0 spiro atoms. The van der Waals surface area contributed by atoms with Gasteiger partial charge in [-0.1, -0.05) is 23.6 Å². The van der Waals surface area contributed by atoms with E-state index in [2.05, 4.69) is 32.2 Å². The lowest BCUT2D eigenvalue weighted by Crippen LogP contribution is -2.35. The summed E-state index contributed by atoms with van der Waals surface area (Å²) in [5.41, 5.74) is 8.95. The number of amides is 1. The Kier molecular flexibility index (Phi) is 11.3. The number of rotatable bonds is 11. The molecular weight excluding hydrogens is 822 g/mol. The SMILES string of the molecule is CC(C)(C#Cc1ccc(-c2ccc(Cl)c3c(N)nn(CC(F)F)c23)c([C@H](Cc2cc(F)cc(F)c2)NC(=O)CN=C2C(=C(N)C(F)F)[C@H]3C[C@H]3C2(F)F)n1)S(C)(=O)=O. The van der Waals surface area contributed by atoms with Gasteiger partial charge in [-0.2, -0.15) is 13.9 Å². The molecule has 2 aromatic carbocycles. The number of hydrogen-bond donors (Lipinski definition) is 3. The number of pyridine rings is 1. The van der Waals surface area contributed by atoms with E-state index in [4.69, 9.17) is 23.1 Å². The van der Waals surface area contributed by atoms with Crippen LogP contribution in [-0.4, -0.2) is 71.1 Å². The number of carbonyl (C=O) groups is 1. The molecule has 4 aromatic rings. The highest BCUT2D eigenvalue weighted by Gasteiger charge is 2.67. The fourth-order valence-corrected chi connectivity index (χ4v) is 7.30. The number of nitrogens with two attached hydrogens (primary N) is 2. The molecule has 0 aliphatic heterocycles. The minimum Gasteiger partial charge on any atom is -0.397 e. The van der Waals surface area contributed by atoms with Gasteiger partial charge in [0.05, 0.1) is 33.4 Å². The van der Waals surface area contributed by atoms with Gasteiger partial charge in [-0.25, -0.2) is 39.7 Å². The van der Waals surface area contributed by atoms with Crippen molar-refractivity contribution in [1.82, 2.24) is 20.1 Å². The number of aliphatic imine (C=N–C) groups is 1. The van der Waals surface area contributed by atoms with Crippen molar-refractivity contribution in [3.63, 3.8) is 0 Å². The first-order valence-corrected chi connectivity index (χ1v) is 19.7. The van der Waals surface area contributed by atoms with Crippen molar-refractivity contribution >= 4 is 49.8 Å². The number of benzene rings is 2. The molecule has 58 heavy (non-hydrogen) atoms. The van der Waals surface area contributed by atoms with Crippen LogP contribution < -0.4 is 16.8 Å². The Morgan fingerprint density at radius 2 is 1.76 bits per heavy atom. The zero-order valence-electron chi connectivity index (χ0n) is 30.7. The van der Waals surface area contributed by atoms with Gasteiger partial charge in [-0.05, 0) is 74.4 Å². The van der Waals surface area contributed by atoms with Crippen LogP contribution in [0.25, 0.3) is 22.0 Å². The standard InChI is InChI=1S/C38H34ClF8N7O3S/c1-37(2,58(3,56)57)9-8-20-4-5-21(22-6-7-25(39)30-33(22)54(16-27(42)43)53-36(30)49)32(51-20)26(12-17-10-18(40)13-19(41)11-17)52-28(55)15-50-34-29(31(48)35(44)45)23-14-24(23)38(34,46)47/h4-7,10-11,13,23-24,26-27,35H,12,14-16,48H2,1-3H3,(H2,49,53)(H,52,55)/t23-,24+,26-/m0/s1. The maximum atomic E-state index is 15.2. The summed E-state index contributed by atoms with van der Waals surface area (Å²) in [6.45, 7) is 0.716. The van der Waals surface area contributed by atoms with Crippen molar-refractivity contribution in [2.24, 2.45) is 22.6 Å². The molecule has 0 unspecified atom stereocenters. The Morgan fingerprint density at radius 1 is 1.10 bits per heavy atom. The van der Waals surface area contributed by atoms with Crippen molar-refractivity contribution in [3.8, 4) is 23.0 Å². The number of nitrogens with one attached hydrogen (secondary N) is 1. The summed E-state index contributed by atoms with van der Waals surface area (Å²) in [5, 5.41) is 6.73. The normalized spacial score (nSPS) is 19.7. The molecule has 2 aliphatic rings. The fraction of sp³-hybridized carbons (Fsp3) is 0.368. The molecule has 2 aliphatic carbocycles. The van der Waals surface area contributed by atoms with Crippen LogP contribution in [0.5, 0.6) is 0 Å². The highest BCUT2D eigenvalue weighted by molar-refractivity contribution is 7.92. The number of anilines is 1. The maximum Gasteiger partial charge on any atom is 0.292 e. The Hall–Kier alpha value is -5.22.